The summed E-state index contributed by atoms with van der Waals surface area (Å²) in [7, 11) is 0. The molecule has 0 aliphatic carbocycles. The van der Waals surface area contributed by atoms with Crippen molar-refractivity contribution in [2.45, 2.75) is 32.7 Å². The number of piperidine rings is 1. The normalized spacial score (nSPS) is 18.8. The van der Waals surface area contributed by atoms with Crippen LogP contribution in [0.25, 0.3) is 0 Å². The van der Waals surface area contributed by atoms with E-state index in [2.05, 4.69) is 15.1 Å². The van der Waals surface area contributed by atoms with E-state index >= 15 is 0 Å². The van der Waals surface area contributed by atoms with Crippen molar-refractivity contribution in [3.05, 3.63) is 41.7 Å². The van der Waals surface area contributed by atoms with Gasteiger partial charge in [-0.1, -0.05) is 0 Å². The Kier molecular flexibility index (Phi) is 3.68. The van der Waals surface area contributed by atoms with Crippen LogP contribution in [0.15, 0.2) is 24.7 Å². The Morgan fingerprint density at radius 3 is 2.95 bits per heavy atom. The number of carbonyl (C=O) groups excluding carboxylic acids is 1. The third kappa shape index (κ3) is 2.94. The number of aromatic nitrogens is 4. The zero-order chi connectivity index (χ0) is 14.8. The van der Waals surface area contributed by atoms with Gasteiger partial charge in [0.25, 0.3) is 5.91 Å². The van der Waals surface area contributed by atoms with Crippen LogP contribution in [0.2, 0.25) is 0 Å². The van der Waals surface area contributed by atoms with Crippen molar-refractivity contribution in [3.8, 4) is 0 Å². The molecular weight excluding hydrogens is 266 g/mol. The molecule has 2 aromatic heterocycles. The SMILES string of the molecule is Cc1cnn(C2CCCN(C(=O)c3ccnc(C)n3)C2)c1. The van der Waals surface area contributed by atoms with Gasteiger partial charge in [0, 0.05) is 25.5 Å². The standard InChI is InChI=1S/C15H19N5O/c1-11-8-17-20(9-11)13-4-3-7-19(10-13)15(21)14-5-6-16-12(2)18-14/h5-6,8-9,13H,3-4,7,10H2,1-2H3. The molecule has 21 heavy (non-hydrogen) atoms. The molecule has 0 bridgehead atoms. The Balaban J connectivity index is 1.75. The van der Waals surface area contributed by atoms with Gasteiger partial charge in [0.05, 0.1) is 12.2 Å². The lowest BCUT2D eigenvalue weighted by atomic mass is 10.1. The monoisotopic (exact) mass is 285 g/mol. The average molecular weight is 285 g/mol. The van der Waals surface area contributed by atoms with Crippen molar-refractivity contribution >= 4 is 5.91 Å². The van der Waals surface area contributed by atoms with Crippen LogP contribution < -0.4 is 0 Å². The van der Waals surface area contributed by atoms with Crippen LogP contribution in [0.3, 0.4) is 0 Å². The molecular formula is C15H19N5O. The lowest BCUT2D eigenvalue weighted by molar-refractivity contribution is 0.0666. The van der Waals surface area contributed by atoms with E-state index in [0.29, 0.717) is 18.1 Å². The summed E-state index contributed by atoms with van der Waals surface area (Å²) >= 11 is 0. The van der Waals surface area contributed by atoms with E-state index < -0.39 is 0 Å². The highest BCUT2D eigenvalue weighted by atomic mass is 16.2. The highest BCUT2D eigenvalue weighted by molar-refractivity contribution is 5.92. The first-order valence-corrected chi connectivity index (χ1v) is 7.23. The molecule has 6 nitrogen and oxygen atoms in total. The molecule has 1 amide bonds. The number of hydrogen-bond donors (Lipinski definition) is 0. The fourth-order valence-corrected chi connectivity index (χ4v) is 2.73. The third-order valence-corrected chi connectivity index (χ3v) is 3.78. The highest BCUT2D eigenvalue weighted by Crippen LogP contribution is 2.22. The zero-order valence-electron chi connectivity index (χ0n) is 12.4. The van der Waals surface area contributed by atoms with Gasteiger partial charge in [-0.25, -0.2) is 9.97 Å². The number of aryl methyl sites for hydroxylation is 2. The van der Waals surface area contributed by atoms with E-state index in [1.807, 2.05) is 28.9 Å². The molecule has 1 aliphatic rings. The molecule has 6 heteroatoms. The van der Waals surface area contributed by atoms with Crippen LogP contribution in [0.5, 0.6) is 0 Å². The van der Waals surface area contributed by atoms with Gasteiger partial charge in [-0.15, -0.1) is 0 Å². The molecule has 3 heterocycles. The van der Waals surface area contributed by atoms with Gasteiger partial charge in [0.2, 0.25) is 0 Å². The third-order valence-electron chi connectivity index (χ3n) is 3.78. The summed E-state index contributed by atoms with van der Waals surface area (Å²) in [6.07, 6.45) is 7.56. The summed E-state index contributed by atoms with van der Waals surface area (Å²) < 4.78 is 1.97. The van der Waals surface area contributed by atoms with Crippen LogP contribution in [0, 0.1) is 13.8 Å². The average Bonchev–Trinajstić information content (AvgIpc) is 2.93. The minimum Gasteiger partial charge on any atom is -0.335 e. The maximum Gasteiger partial charge on any atom is 0.272 e. The molecule has 1 aliphatic heterocycles. The zero-order valence-corrected chi connectivity index (χ0v) is 12.4. The molecule has 1 unspecified atom stereocenters. The molecule has 2 aromatic rings. The maximum atomic E-state index is 12.5. The van der Waals surface area contributed by atoms with Gasteiger partial charge in [-0.05, 0) is 38.3 Å². The van der Waals surface area contributed by atoms with Gasteiger partial charge in [-0.2, -0.15) is 5.10 Å². The van der Waals surface area contributed by atoms with Crippen LogP contribution in [0.4, 0.5) is 0 Å². The molecule has 110 valence electrons. The van der Waals surface area contributed by atoms with Crippen molar-refractivity contribution in [2.24, 2.45) is 0 Å². The Labute approximate surface area is 123 Å². The molecule has 0 saturated carbocycles. The molecule has 0 N–H and O–H groups in total. The van der Waals surface area contributed by atoms with E-state index in [4.69, 9.17) is 0 Å². The van der Waals surface area contributed by atoms with E-state index in [1.165, 1.54) is 0 Å². The van der Waals surface area contributed by atoms with E-state index in [-0.39, 0.29) is 11.9 Å². The molecule has 1 saturated heterocycles. The Hall–Kier alpha value is -2.24. The van der Waals surface area contributed by atoms with Crippen LogP contribution >= 0.6 is 0 Å². The molecule has 1 fully saturated rings. The molecule has 1 atom stereocenters. The van der Waals surface area contributed by atoms with Crippen LogP contribution in [0.1, 0.15) is 40.8 Å². The highest BCUT2D eigenvalue weighted by Gasteiger charge is 2.26. The lowest BCUT2D eigenvalue weighted by Crippen LogP contribution is -2.41. The van der Waals surface area contributed by atoms with Gasteiger partial charge >= 0.3 is 0 Å². The summed E-state index contributed by atoms with van der Waals surface area (Å²) in [5.74, 6) is 0.603. The van der Waals surface area contributed by atoms with E-state index in [0.717, 1.165) is 24.9 Å². The largest absolute Gasteiger partial charge is 0.335 e. The summed E-state index contributed by atoms with van der Waals surface area (Å²) in [6, 6.07) is 1.93. The fourth-order valence-electron chi connectivity index (χ4n) is 2.73. The van der Waals surface area contributed by atoms with Crippen LogP contribution in [-0.4, -0.2) is 43.6 Å². The molecule has 3 rings (SSSR count). The van der Waals surface area contributed by atoms with Crippen molar-refractivity contribution in [1.82, 2.24) is 24.6 Å². The molecule has 0 spiro atoms. The quantitative estimate of drug-likeness (QED) is 0.843. The van der Waals surface area contributed by atoms with Gasteiger partial charge in [-0.3, -0.25) is 9.48 Å². The summed E-state index contributed by atoms with van der Waals surface area (Å²) in [6.45, 7) is 5.28. The molecule has 0 aromatic carbocycles. The minimum atomic E-state index is -0.0194. The Morgan fingerprint density at radius 2 is 2.24 bits per heavy atom. The first-order valence-electron chi connectivity index (χ1n) is 7.23. The second kappa shape index (κ2) is 5.63. The summed E-state index contributed by atoms with van der Waals surface area (Å²) in [5.41, 5.74) is 1.62. The number of amides is 1. The second-order valence-electron chi connectivity index (χ2n) is 5.53. The van der Waals surface area contributed by atoms with E-state index in [9.17, 15) is 4.79 Å². The number of rotatable bonds is 2. The van der Waals surface area contributed by atoms with Crippen molar-refractivity contribution < 1.29 is 4.79 Å². The fraction of sp³-hybridized carbons (Fsp3) is 0.467. The lowest BCUT2D eigenvalue weighted by Gasteiger charge is -2.32. The Morgan fingerprint density at radius 1 is 1.38 bits per heavy atom. The minimum absolute atomic E-state index is 0.0194. The van der Waals surface area contributed by atoms with E-state index in [1.54, 1.807) is 19.2 Å². The van der Waals surface area contributed by atoms with Crippen molar-refractivity contribution in [3.63, 3.8) is 0 Å². The van der Waals surface area contributed by atoms with Crippen molar-refractivity contribution in [2.75, 3.05) is 13.1 Å². The summed E-state index contributed by atoms with van der Waals surface area (Å²) in [5, 5.41) is 4.37. The molecule has 0 radical (unpaired) electrons. The second-order valence-corrected chi connectivity index (χ2v) is 5.53. The maximum absolute atomic E-state index is 12.5. The van der Waals surface area contributed by atoms with Gasteiger partial charge < -0.3 is 4.90 Å². The number of nitrogens with zero attached hydrogens (tertiary/aromatic N) is 5. The number of likely N-dealkylation sites (tertiary alicyclic amines) is 1. The Bertz CT molecular complexity index is 651. The van der Waals surface area contributed by atoms with Crippen molar-refractivity contribution in [1.29, 1.82) is 0 Å². The predicted octanol–water partition coefficient (Wildman–Crippen LogP) is 1.77. The van der Waals surface area contributed by atoms with Gasteiger partial charge in [0.15, 0.2) is 0 Å². The first-order chi connectivity index (χ1) is 10.1. The predicted molar refractivity (Wildman–Crippen MR) is 77.9 cm³/mol. The summed E-state index contributed by atoms with van der Waals surface area (Å²) in [4.78, 5) is 22.7. The van der Waals surface area contributed by atoms with Crippen LogP contribution in [-0.2, 0) is 0 Å². The smallest absolute Gasteiger partial charge is 0.272 e. The topological polar surface area (TPSA) is 63.9 Å². The van der Waals surface area contributed by atoms with Gasteiger partial charge in [0.1, 0.15) is 11.5 Å². The number of hydrogen-bond acceptors (Lipinski definition) is 4. The first kappa shape index (κ1) is 13.7. The number of carbonyl (C=O) groups is 1.